The number of hydrogen-bond donors (Lipinski definition) is 0. The van der Waals surface area contributed by atoms with E-state index in [0.29, 0.717) is 44.6 Å². The van der Waals surface area contributed by atoms with Gasteiger partial charge in [-0.25, -0.2) is 4.98 Å². The van der Waals surface area contributed by atoms with E-state index in [2.05, 4.69) is 25.7 Å². The van der Waals surface area contributed by atoms with Crippen molar-refractivity contribution in [2.24, 2.45) is 11.8 Å². The summed E-state index contributed by atoms with van der Waals surface area (Å²) in [5, 5.41) is 0. The summed E-state index contributed by atoms with van der Waals surface area (Å²) in [7, 11) is 0. The molecule has 2 aliphatic heterocycles. The number of pyridine rings is 1. The normalized spacial score (nSPS) is 22.7. The molecule has 1 amide bonds. The molecule has 0 aliphatic carbocycles. The van der Waals surface area contributed by atoms with Crippen LogP contribution < -0.4 is 10.5 Å². The number of aryl methyl sites for hydroxylation is 1. The van der Waals surface area contributed by atoms with E-state index in [0.717, 1.165) is 44.3 Å². The summed E-state index contributed by atoms with van der Waals surface area (Å²) >= 11 is 6.78. The lowest BCUT2D eigenvalue weighted by molar-refractivity contribution is -0.122. The average molecular weight is 485 g/mol. The molecule has 0 unspecified atom stereocenters. The summed E-state index contributed by atoms with van der Waals surface area (Å²) < 4.78 is 2.15. The number of piperidine rings is 1. The SMILES string of the molecule is CCCCCN1C(=O)/C(=C/c2c(N3C[C@H](C)C[C@H](C)C3)nc3c(C)cccn3c2=O)SC1=S. The molecule has 0 saturated carbocycles. The summed E-state index contributed by atoms with van der Waals surface area (Å²) in [6.45, 7) is 10.9. The molecule has 4 rings (SSSR count). The van der Waals surface area contributed by atoms with E-state index >= 15 is 0 Å². The van der Waals surface area contributed by atoms with Crippen molar-refractivity contribution >= 4 is 51.7 Å². The number of aromatic nitrogens is 2. The molecule has 0 spiro atoms. The number of amides is 1. The van der Waals surface area contributed by atoms with E-state index in [1.807, 2.05) is 19.1 Å². The summed E-state index contributed by atoms with van der Waals surface area (Å²) in [6, 6.07) is 3.82. The van der Waals surface area contributed by atoms with Gasteiger partial charge in [-0.15, -0.1) is 0 Å². The molecule has 2 fully saturated rings. The fraction of sp³-hybridized carbons (Fsp3) is 0.520. The number of thioether (sulfide) groups is 1. The maximum atomic E-state index is 13.7. The molecule has 2 aromatic rings. The minimum absolute atomic E-state index is 0.110. The number of anilines is 1. The van der Waals surface area contributed by atoms with Crippen LogP contribution >= 0.6 is 24.0 Å². The van der Waals surface area contributed by atoms with Crippen molar-refractivity contribution in [3.63, 3.8) is 0 Å². The maximum Gasteiger partial charge on any atom is 0.267 e. The molecule has 8 heteroatoms. The maximum absolute atomic E-state index is 13.7. The number of hydrogen-bond acceptors (Lipinski definition) is 6. The Morgan fingerprint density at radius 3 is 2.64 bits per heavy atom. The first-order valence-corrected chi connectivity index (χ1v) is 13.0. The van der Waals surface area contributed by atoms with Crippen LogP contribution in [0.2, 0.25) is 0 Å². The van der Waals surface area contributed by atoms with Gasteiger partial charge in [-0.3, -0.25) is 18.9 Å². The summed E-state index contributed by atoms with van der Waals surface area (Å²) in [6.07, 6.45) is 7.69. The second-order valence-corrected chi connectivity index (χ2v) is 11.1. The Balaban J connectivity index is 1.81. The van der Waals surface area contributed by atoms with Gasteiger partial charge >= 0.3 is 0 Å². The van der Waals surface area contributed by atoms with Crippen LogP contribution in [0.4, 0.5) is 5.82 Å². The number of carbonyl (C=O) groups is 1. The molecule has 2 aliphatic rings. The van der Waals surface area contributed by atoms with Crippen LogP contribution in [0.15, 0.2) is 28.0 Å². The van der Waals surface area contributed by atoms with Crippen LogP contribution in [-0.4, -0.2) is 44.1 Å². The molecule has 2 aromatic heterocycles. The van der Waals surface area contributed by atoms with Gasteiger partial charge in [-0.1, -0.05) is 63.7 Å². The van der Waals surface area contributed by atoms with Crippen molar-refractivity contribution in [2.45, 2.75) is 53.4 Å². The summed E-state index contributed by atoms with van der Waals surface area (Å²) in [5.74, 6) is 1.58. The third kappa shape index (κ3) is 4.87. The van der Waals surface area contributed by atoms with Gasteiger partial charge in [0.25, 0.3) is 11.5 Å². The summed E-state index contributed by atoms with van der Waals surface area (Å²) in [4.78, 5) is 36.2. The van der Waals surface area contributed by atoms with Crippen molar-refractivity contribution < 1.29 is 4.79 Å². The summed E-state index contributed by atoms with van der Waals surface area (Å²) in [5.41, 5.74) is 1.92. The van der Waals surface area contributed by atoms with Gasteiger partial charge in [-0.05, 0) is 49.3 Å². The van der Waals surface area contributed by atoms with Gasteiger partial charge in [0.1, 0.15) is 15.8 Å². The highest BCUT2D eigenvalue weighted by Gasteiger charge is 2.33. The molecule has 0 N–H and O–H groups in total. The zero-order valence-corrected chi connectivity index (χ0v) is 21.5. The minimum Gasteiger partial charge on any atom is -0.355 e. The van der Waals surface area contributed by atoms with Gasteiger partial charge in [0.2, 0.25) is 0 Å². The lowest BCUT2D eigenvalue weighted by atomic mass is 9.91. The Labute approximate surface area is 205 Å². The Kier molecular flexibility index (Phi) is 7.24. The number of nitrogens with zero attached hydrogens (tertiary/aromatic N) is 4. The smallest absolute Gasteiger partial charge is 0.267 e. The van der Waals surface area contributed by atoms with Crippen molar-refractivity contribution in [1.82, 2.24) is 14.3 Å². The molecule has 4 heterocycles. The van der Waals surface area contributed by atoms with Gasteiger partial charge in [0.15, 0.2) is 0 Å². The monoisotopic (exact) mass is 484 g/mol. The Morgan fingerprint density at radius 2 is 1.94 bits per heavy atom. The fourth-order valence-electron chi connectivity index (χ4n) is 4.85. The average Bonchev–Trinajstić information content (AvgIpc) is 3.03. The number of carbonyl (C=O) groups excluding carboxylic acids is 1. The van der Waals surface area contributed by atoms with Gasteiger partial charge in [-0.2, -0.15) is 0 Å². The van der Waals surface area contributed by atoms with E-state index in [9.17, 15) is 9.59 Å². The van der Waals surface area contributed by atoms with Crippen LogP contribution in [0.5, 0.6) is 0 Å². The van der Waals surface area contributed by atoms with Gasteiger partial charge in [0, 0.05) is 25.8 Å². The van der Waals surface area contributed by atoms with Gasteiger partial charge in [0.05, 0.1) is 10.5 Å². The zero-order valence-electron chi connectivity index (χ0n) is 19.8. The third-order valence-electron chi connectivity index (χ3n) is 6.37. The second kappa shape index (κ2) is 9.97. The number of fused-ring (bicyclic) bond motifs is 1. The molecule has 176 valence electrons. The van der Waals surface area contributed by atoms with Gasteiger partial charge < -0.3 is 4.90 Å². The van der Waals surface area contributed by atoms with E-state index < -0.39 is 0 Å². The zero-order chi connectivity index (χ0) is 23.7. The lowest BCUT2D eigenvalue weighted by Crippen LogP contribution is -2.40. The molecule has 6 nitrogen and oxygen atoms in total. The first-order valence-electron chi connectivity index (χ1n) is 11.8. The second-order valence-electron chi connectivity index (χ2n) is 9.43. The van der Waals surface area contributed by atoms with Crippen LogP contribution in [0.25, 0.3) is 11.7 Å². The predicted molar refractivity (Wildman–Crippen MR) is 141 cm³/mol. The van der Waals surface area contributed by atoms with Crippen LogP contribution in [0, 0.1) is 18.8 Å². The largest absolute Gasteiger partial charge is 0.355 e. The molecule has 33 heavy (non-hydrogen) atoms. The molecular weight excluding hydrogens is 452 g/mol. The number of rotatable bonds is 6. The standard InChI is InChI=1S/C25H32N4O2S2/c1-5-6-7-10-29-24(31)20(33-25(29)32)13-19-22(27-14-16(2)12-17(3)15-27)26-21-18(4)9-8-11-28(21)23(19)30/h8-9,11,13,16-17H,5-7,10,12,14-15H2,1-4H3/b20-13-/t16-,17+. The highest BCUT2D eigenvalue weighted by Crippen LogP contribution is 2.35. The molecule has 2 saturated heterocycles. The van der Waals surface area contributed by atoms with Crippen LogP contribution in [0.3, 0.4) is 0 Å². The van der Waals surface area contributed by atoms with E-state index in [1.165, 1.54) is 11.8 Å². The first-order chi connectivity index (χ1) is 15.8. The van der Waals surface area contributed by atoms with E-state index in [4.69, 9.17) is 17.2 Å². The topological polar surface area (TPSA) is 57.9 Å². The first kappa shape index (κ1) is 24.0. The van der Waals surface area contributed by atoms with E-state index in [-0.39, 0.29) is 11.5 Å². The molecule has 0 radical (unpaired) electrons. The molecular formula is C25H32N4O2S2. The minimum atomic E-state index is -0.152. The third-order valence-corrected chi connectivity index (χ3v) is 7.74. The molecule has 2 atom stereocenters. The number of thiocarbonyl (C=S) groups is 1. The predicted octanol–water partition coefficient (Wildman–Crippen LogP) is 4.88. The molecule has 0 bridgehead atoms. The van der Waals surface area contributed by atoms with Crippen LogP contribution in [-0.2, 0) is 4.79 Å². The Hall–Kier alpha value is -2.19. The Bertz CT molecular complexity index is 1160. The lowest BCUT2D eigenvalue weighted by Gasteiger charge is -2.36. The quantitative estimate of drug-likeness (QED) is 0.331. The number of unbranched alkanes of at least 4 members (excludes halogenated alkanes) is 2. The Morgan fingerprint density at radius 1 is 1.21 bits per heavy atom. The highest BCUT2D eigenvalue weighted by molar-refractivity contribution is 8.26. The van der Waals surface area contributed by atoms with Crippen molar-refractivity contribution in [1.29, 1.82) is 0 Å². The van der Waals surface area contributed by atoms with Crippen molar-refractivity contribution in [2.75, 3.05) is 24.5 Å². The fourth-order valence-corrected chi connectivity index (χ4v) is 6.14. The van der Waals surface area contributed by atoms with Crippen molar-refractivity contribution in [3.8, 4) is 0 Å². The highest BCUT2D eigenvalue weighted by atomic mass is 32.2. The van der Waals surface area contributed by atoms with Crippen molar-refractivity contribution in [3.05, 3.63) is 44.7 Å². The molecule has 0 aromatic carbocycles. The van der Waals surface area contributed by atoms with Crippen LogP contribution in [0.1, 0.15) is 57.6 Å². The van der Waals surface area contributed by atoms with E-state index in [1.54, 1.807) is 21.6 Å².